The van der Waals surface area contributed by atoms with Gasteiger partial charge < -0.3 is 10.6 Å². The lowest BCUT2D eigenvalue weighted by Crippen LogP contribution is -2.28. The van der Waals surface area contributed by atoms with Crippen LogP contribution in [-0.4, -0.2) is 43.5 Å². The Kier molecular flexibility index (Phi) is 6.27. The molecular weight excluding hydrogens is 378 g/mol. The zero-order valence-corrected chi connectivity index (χ0v) is 16.1. The number of aromatic nitrogens is 2. The maximum atomic E-state index is 12.7. The third-order valence-electron chi connectivity index (χ3n) is 4.14. The number of sulfonamides is 1. The molecule has 0 spiro atoms. The van der Waals surface area contributed by atoms with Gasteiger partial charge in [0.2, 0.25) is 15.9 Å². The number of anilines is 2. The van der Waals surface area contributed by atoms with Crippen LogP contribution in [0.1, 0.15) is 11.5 Å². The highest BCUT2D eigenvalue weighted by Crippen LogP contribution is 2.29. The molecule has 2 atom stereocenters. The Labute approximate surface area is 158 Å². The van der Waals surface area contributed by atoms with E-state index in [1.807, 2.05) is 13.2 Å². The van der Waals surface area contributed by atoms with Gasteiger partial charge in [0.25, 0.3) is 0 Å². The van der Waals surface area contributed by atoms with Gasteiger partial charge in [-0.05, 0) is 23.8 Å². The summed E-state index contributed by atoms with van der Waals surface area (Å²) in [6.45, 7) is 1.31. The van der Waals surface area contributed by atoms with Crippen molar-refractivity contribution in [2.24, 2.45) is 13.0 Å². The normalized spacial score (nSPS) is 19.6. The van der Waals surface area contributed by atoms with Crippen LogP contribution in [0.2, 0.25) is 0 Å². The van der Waals surface area contributed by atoms with Gasteiger partial charge in [-0.25, -0.2) is 8.42 Å². The smallest absolute Gasteiger partial charge is 0.229 e. The second-order valence-corrected chi connectivity index (χ2v) is 8.01. The molecule has 0 unspecified atom stereocenters. The van der Waals surface area contributed by atoms with E-state index in [9.17, 15) is 13.2 Å². The fraction of sp³-hybridized carbons (Fsp3) is 0.375. The number of nitrogens with one attached hydrogen (secondary N) is 3. The molecule has 2 heterocycles. The number of rotatable bonds is 5. The number of aryl methyl sites for hydroxylation is 1. The lowest BCUT2D eigenvalue weighted by Gasteiger charge is -2.17. The molecule has 3 N–H and O–H groups in total. The van der Waals surface area contributed by atoms with E-state index in [-0.39, 0.29) is 30.2 Å². The maximum absolute atomic E-state index is 12.7. The first-order valence-electron chi connectivity index (χ1n) is 7.90. The lowest BCUT2D eigenvalue weighted by molar-refractivity contribution is -0.119. The average molecular weight is 400 g/mol. The Bertz CT molecular complexity index is 884. The molecule has 1 aromatic carbocycles. The minimum atomic E-state index is -3.36. The quantitative estimate of drug-likeness (QED) is 0.699. The summed E-state index contributed by atoms with van der Waals surface area (Å²) in [4.78, 5) is 12.7. The molecule has 1 saturated heterocycles. The molecule has 8 nitrogen and oxygen atoms in total. The van der Waals surface area contributed by atoms with Gasteiger partial charge >= 0.3 is 0 Å². The third kappa shape index (κ3) is 4.96. The van der Waals surface area contributed by atoms with E-state index in [0.29, 0.717) is 17.9 Å². The summed E-state index contributed by atoms with van der Waals surface area (Å²) in [5.41, 5.74) is 1.99. The summed E-state index contributed by atoms with van der Waals surface area (Å²) >= 11 is 0. The molecule has 1 aliphatic rings. The second kappa shape index (κ2) is 8.07. The van der Waals surface area contributed by atoms with Crippen LogP contribution in [0.5, 0.6) is 0 Å². The van der Waals surface area contributed by atoms with Crippen LogP contribution in [0.3, 0.4) is 0 Å². The first-order valence-corrected chi connectivity index (χ1v) is 9.79. The van der Waals surface area contributed by atoms with Crippen LogP contribution in [0.25, 0.3) is 0 Å². The Balaban J connectivity index is 0.00000243. The molecule has 2 aromatic rings. The summed E-state index contributed by atoms with van der Waals surface area (Å²) in [6.07, 6.45) is 4.80. The van der Waals surface area contributed by atoms with Gasteiger partial charge in [0, 0.05) is 37.9 Å². The highest BCUT2D eigenvalue weighted by molar-refractivity contribution is 7.92. The summed E-state index contributed by atoms with van der Waals surface area (Å²) < 4.78 is 26.8. The van der Waals surface area contributed by atoms with Gasteiger partial charge in [0.05, 0.1) is 24.1 Å². The van der Waals surface area contributed by atoms with E-state index in [1.165, 1.54) is 0 Å². The number of amides is 1. The molecular formula is C16H22ClN5O3S. The molecule has 0 bridgehead atoms. The van der Waals surface area contributed by atoms with Crippen LogP contribution in [-0.2, 0) is 21.9 Å². The Morgan fingerprint density at radius 1 is 1.31 bits per heavy atom. The van der Waals surface area contributed by atoms with Gasteiger partial charge in [-0.1, -0.05) is 6.07 Å². The van der Waals surface area contributed by atoms with E-state index in [1.54, 1.807) is 35.1 Å². The predicted molar refractivity (Wildman–Crippen MR) is 103 cm³/mol. The highest BCUT2D eigenvalue weighted by atomic mass is 35.5. The topological polar surface area (TPSA) is 105 Å². The summed E-state index contributed by atoms with van der Waals surface area (Å²) in [5, 5.41) is 10.3. The molecule has 3 rings (SSSR count). The number of nitrogens with zero attached hydrogens (tertiary/aromatic N) is 2. The van der Waals surface area contributed by atoms with Crippen molar-refractivity contribution in [1.29, 1.82) is 0 Å². The SMILES string of the molecule is Cl.Cn1cc([C@H]2CNC[C@@H]2C(=O)Nc2cccc(NS(C)(=O)=O)c2)cn1. The largest absolute Gasteiger partial charge is 0.326 e. The summed E-state index contributed by atoms with van der Waals surface area (Å²) in [5.74, 6) is -0.253. The molecule has 1 fully saturated rings. The van der Waals surface area contributed by atoms with Crippen LogP contribution in [0, 0.1) is 5.92 Å². The number of halogens is 1. The summed E-state index contributed by atoms with van der Waals surface area (Å²) in [7, 11) is -1.51. The monoisotopic (exact) mass is 399 g/mol. The van der Waals surface area contributed by atoms with Crippen LogP contribution < -0.4 is 15.4 Å². The van der Waals surface area contributed by atoms with Crippen molar-refractivity contribution >= 4 is 39.7 Å². The van der Waals surface area contributed by atoms with Crippen molar-refractivity contribution in [3.8, 4) is 0 Å². The number of carbonyl (C=O) groups excluding carboxylic acids is 1. The number of hydrogen-bond acceptors (Lipinski definition) is 5. The number of carbonyl (C=O) groups is 1. The molecule has 142 valence electrons. The zero-order valence-electron chi connectivity index (χ0n) is 14.5. The fourth-order valence-electron chi connectivity index (χ4n) is 3.05. The maximum Gasteiger partial charge on any atom is 0.229 e. The van der Waals surface area contributed by atoms with Crippen molar-refractivity contribution in [3.05, 3.63) is 42.2 Å². The molecule has 10 heteroatoms. The van der Waals surface area contributed by atoms with Gasteiger partial charge in [-0.15, -0.1) is 12.4 Å². The molecule has 0 saturated carbocycles. The average Bonchev–Trinajstić information content (AvgIpc) is 3.14. The van der Waals surface area contributed by atoms with Gasteiger partial charge in [0.15, 0.2) is 0 Å². The standard InChI is InChI=1S/C16H21N5O3S.ClH/c1-21-10-11(7-18-21)14-8-17-9-15(14)16(22)19-12-4-3-5-13(6-12)20-25(2,23)24;/h3-7,10,14-15,17,20H,8-9H2,1-2H3,(H,19,22);1H/t14-,15+;/m1./s1. The molecule has 1 amide bonds. The van der Waals surface area contributed by atoms with Crippen molar-refractivity contribution in [3.63, 3.8) is 0 Å². The molecule has 26 heavy (non-hydrogen) atoms. The van der Waals surface area contributed by atoms with Gasteiger partial charge in [-0.3, -0.25) is 14.2 Å². The second-order valence-electron chi connectivity index (χ2n) is 6.26. The minimum Gasteiger partial charge on any atom is -0.326 e. The predicted octanol–water partition coefficient (Wildman–Crippen LogP) is 1.16. The molecule has 0 radical (unpaired) electrons. The van der Waals surface area contributed by atoms with Crippen LogP contribution in [0.4, 0.5) is 11.4 Å². The fourth-order valence-corrected chi connectivity index (χ4v) is 3.60. The lowest BCUT2D eigenvalue weighted by atomic mass is 9.90. The van der Waals surface area contributed by atoms with E-state index in [0.717, 1.165) is 18.4 Å². The number of benzene rings is 1. The minimum absolute atomic E-state index is 0. The molecule has 1 aliphatic heterocycles. The molecule has 0 aliphatic carbocycles. The Hall–Kier alpha value is -2.10. The van der Waals surface area contributed by atoms with Crippen molar-refractivity contribution < 1.29 is 13.2 Å². The third-order valence-corrected chi connectivity index (χ3v) is 4.74. The van der Waals surface area contributed by atoms with Crippen LogP contribution >= 0.6 is 12.4 Å². The molecule has 1 aromatic heterocycles. The first kappa shape index (κ1) is 20.2. The van der Waals surface area contributed by atoms with E-state index in [4.69, 9.17) is 0 Å². The highest BCUT2D eigenvalue weighted by Gasteiger charge is 2.34. The van der Waals surface area contributed by atoms with Crippen molar-refractivity contribution in [2.45, 2.75) is 5.92 Å². The first-order chi connectivity index (χ1) is 11.8. The summed E-state index contributed by atoms with van der Waals surface area (Å²) in [6, 6.07) is 6.65. The van der Waals surface area contributed by atoms with Crippen LogP contribution in [0.15, 0.2) is 36.7 Å². The van der Waals surface area contributed by atoms with Gasteiger partial charge in [0.1, 0.15) is 0 Å². The number of hydrogen-bond donors (Lipinski definition) is 3. The van der Waals surface area contributed by atoms with Crippen molar-refractivity contribution in [1.82, 2.24) is 15.1 Å². The van der Waals surface area contributed by atoms with Crippen molar-refractivity contribution in [2.75, 3.05) is 29.4 Å². The Morgan fingerprint density at radius 3 is 2.69 bits per heavy atom. The van der Waals surface area contributed by atoms with E-state index < -0.39 is 10.0 Å². The van der Waals surface area contributed by atoms with E-state index in [2.05, 4.69) is 20.5 Å². The Morgan fingerprint density at radius 2 is 2.04 bits per heavy atom. The zero-order chi connectivity index (χ0) is 18.0. The van der Waals surface area contributed by atoms with E-state index >= 15 is 0 Å². The van der Waals surface area contributed by atoms with Gasteiger partial charge in [-0.2, -0.15) is 5.10 Å².